The zero-order valence-corrected chi connectivity index (χ0v) is 12.8. The summed E-state index contributed by atoms with van der Waals surface area (Å²) in [6, 6.07) is 4.39. The molecule has 1 atom stereocenters. The van der Waals surface area contributed by atoms with Gasteiger partial charge in [0, 0.05) is 22.7 Å². The van der Waals surface area contributed by atoms with Crippen LogP contribution in [0.3, 0.4) is 0 Å². The predicted molar refractivity (Wildman–Crippen MR) is 90.2 cm³/mol. The van der Waals surface area contributed by atoms with Crippen molar-refractivity contribution in [2.75, 3.05) is 5.32 Å². The summed E-state index contributed by atoms with van der Waals surface area (Å²) >= 11 is 0. The first-order chi connectivity index (χ1) is 11.1. The number of nitrogens with one attached hydrogen (secondary N) is 1. The van der Waals surface area contributed by atoms with Gasteiger partial charge in [-0.05, 0) is 54.3 Å². The van der Waals surface area contributed by atoms with E-state index in [0.29, 0.717) is 16.8 Å². The third kappa shape index (κ3) is 2.29. The van der Waals surface area contributed by atoms with Gasteiger partial charge in [-0.2, -0.15) is 0 Å². The van der Waals surface area contributed by atoms with Gasteiger partial charge in [0.2, 0.25) is 0 Å². The maximum absolute atomic E-state index is 13.6. The van der Waals surface area contributed by atoms with Crippen molar-refractivity contribution in [2.45, 2.75) is 13.3 Å². The van der Waals surface area contributed by atoms with E-state index < -0.39 is 0 Å². The summed E-state index contributed by atoms with van der Waals surface area (Å²) in [4.78, 5) is 12.3. The first kappa shape index (κ1) is 13.9. The zero-order valence-electron chi connectivity index (χ0n) is 12.8. The molecule has 2 nitrogen and oxygen atoms in total. The quantitative estimate of drug-likeness (QED) is 0.758. The molecule has 1 aliphatic heterocycles. The number of carbonyl (C=O) groups excluding carboxylic acids is 1. The lowest BCUT2D eigenvalue weighted by atomic mass is 9.90. The molecule has 1 aromatic rings. The minimum atomic E-state index is -0.332. The van der Waals surface area contributed by atoms with Gasteiger partial charge in [-0.3, -0.25) is 4.79 Å². The highest BCUT2D eigenvalue weighted by molar-refractivity contribution is 6.31. The number of allylic oxidation sites excluding steroid dienone is 9. The lowest BCUT2D eigenvalue weighted by molar-refractivity contribution is -0.110. The van der Waals surface area contributed by atoms with Crippen molar-refractivity contribution in [2.24, 2.45) is 5.92 Å². The van der Waals surface area contributed by atoms with Crippen molar-refractivity contribution in [3.05, 3.63) is 82.8 Å². The highest BCUT2D eigenvalue weighted by Gasteiger charge is 2.28. The summed E-state index contributed by atoms with van der Waals surface area (Å²) in [6.45, 7) is 2.09. The number of carbonyl (C=O) groups is 1. The summed E-state index contributed by atoms with van der Waals surface area (Å²) in [7, 11) is 0. The van der Waals surface area contributed by atoms with Crippen LogP contribution in [0.5, 0.6) is 0 Å². The van der Waals surface area contributed by atoms with Crippen molar-refractivity contribution < 1.29 is 9.18 Å². The highest BCUT2D eigenvalue weighted by atomic mass is 19.1. The minimum absolute atomic E-state index is 0.169. The van der Waals surface area contributed by atoms with Gasteiger partial charge in [-0.1, -0.05) is 30.4 Å². The molecule has 0 saturated carbocycles. The van der Waals surface area contributed by atoms with Crippen molar-refractivity contribution >= 4 is 17.2 Å². The van der Waals surface area contributed by atoms with Gasteiger partial charge in [0.1, 0.15) is 5.82 Å². The Morgan fingerprint density at radius 2 is 2.17 bits per heavy atom. The fourth-order valence-electron chi connectivity index (χ4n) is 3.46. The molecular formula is C20H16FNO. The molecule has 1 unspecified atom stereocenters. The topological polar surface area (TPSA) is 29.1 Å². The minimum Gasteiger partial charge on any atom is -0.321 e. The average molecular weight is 305 g/mol. The molecule has 0 fully saturated rings. The Labute approximate surface area is 134 Å². The molecule has 23 heavy (non-hydrogen) atoms. The van der Waals surface area contributed by atoms with Crippen LogP contribution in [0.25, 0.3) is 5.57 Å². The molecule has 1 heterocycles. The Hall–Kier alpha value is -2.68. The van der Waals surface area contributed by atoms with Crippen LogP contribution in [0.15, 0.2) is 71.4 Å². The van der Waals surface area contributed by atoms with Crippen molar-refractivity contribution in [1.82, 2.24) is 0 Å². The Balaban J connectivity index is 1.76. The molecule has 3 aliphatic rings. The van der Waals surface area contributed by atoms with Crippen molar-refractivity contribution in [3.63, 3.8) is 0 Å². The number of anilines is 1. The average Bonchev–Trinajstić information content (AvgIpc) is 2.86. The van der Waals surface area contributed by atoms with Gasteiger partial charge in [0.05, 0.1) is 0 Å². The largest absolute Gasteiger partial charge is 0.321 e. The SMILES string of the molecule is CC1=C2C=CC=CCC2C(/C=C2\C(=O)Nc3ccc(F)cc32)=C1. The van der Waals surface area contributed by atoms with E-state index in [2.05, 4.69) is 42.6 Å². The van der Waals surface area contributed by atoms with Gasteiger partial charge < -0.3 is 5.32 Å². The number of hydrogen-bond donors (Lipinski definition) is 1. The second kappa shape index (κ2) is 5.20. The number of rotatable bonds is 1. The van der Waals surface area contributed by atoms with Crippen LogP contribution in [-0.2, 0) is 4.79 Å². The predicted octanol–water partition coefficient (Wildman–Crippen LogP) is 4.55. The first-order valence-corrected chi connectivity index (χ1v) is 7.72. The fourth-order valence-corrected chi connectivity index (χ4v) is 3.46. The normalized spacial score (nSPS) is 23.7. The Morgan fingerprint density at radius 1 is 1.30 bits per heavy atom. The maximum atomic E-state index is 13.6. The first-order valence-electron chi connectivity index (χ1n) is 7.72. The van der Waals surface area contributed by atoms with Gasteiger partial charge in [0.15, 0.2) is 0 Å². The monoisotopic (exact) mass is 305 g/mol. The summed E-state index contributed by atoms with van der Waals surface area (Å²) in [6.07, 6.45) is 13.3. The Kier molecular flexibility index (Phi) is 3.15. The van der Waals surface area contributed by atoms with Crippen LogP contribution in [0.1, 0.15) is 18.9 Å². The van der Waals surface area contributed by atoms with E-state index in [1.807, 2.05) is 6.08 Å². The van der Waals surface area contributed by atoms with E-state index in [-0.39, 0.29) is 17.6 Å². The van der Waals surface area contributed by atoms with Gasteiger partial charge >= 0.3 is 0 Å². The second-order valence-electron chi connectivity index (χ2n) is 6.06. The fraction of sp³-hybridized carbons (Fsp3) is 0.150. The summed E-state index contributed by atoms with van der Waals surface area (Å²) in [5, 5.41) is 2.80. The van der Waals surface area contributed by atoms with Crippen LogP contribution in [0, 0.1) is 11.7 Å². The molecule has 0 spiro atoms. The van der Waals surface area contributed by atoms with Gasteiger partial charge in [-0.25, -0.2) is 4.39 Å². The zero-order chi connectivity index (χ0) is 16.0. The number of fused-ring (bicyclic) bond motifs is 2. The molecule has 1 amide bonds. The molecule has 4 rings (SSSR count). The molecular weight excluding hydrogens is 289 g/mol. The van der Waals surface area contributed by atoms with E-state index >= 15 is 0 Å². The van der Waals surface area contributed by atoms with Crippen LogP contribution in [0.4, 0.5) is 10.1 Å². The van der Waals surface area contributed by atoms with E-state index in [1.54, 1.807) is 6.07 Å². The molecule has 114 valence electrons. The van der Waals surface area contributed by atoms with E-state index in [4.69, 9.17) is 0 Å². The van der Waals surface area contributed by atoms with E-state index in [1.165, 1.54) is 23.3 Å². The van der Waals surface area contributed by atoms with Crippen LogP contribution < -0.4 is 5.32 Å². The molecule has 0 saturated heterocycles. The third-order valence-electron chi connectivity index (χ3n) is 4.59. The third-order valence-corrected chi connectivity index (χ3v) is 4.59. The van der Waals surface area contributed by atoms with Crippen LogP contribution in [-0.4, -0.2) is 5.91 Å². The summed E-state index contributed by atoms with van der Waals surface area (Å²) in [5.74, 6) is -0.234. The second-order valence-corrected chi connectivity index (χ2v) is 6.06. The Bertz CT molecular complexity index is 868. The lowest BCUT2D eigenvalue weighted by Crippen LogP contribution is -2.06. The number of amides is 1. The van der Waals surface area contributed by atoms with Crippen molar-refractivity contribution in [3.8, 4) is 0 Å². The molecule has 3 heteroatoms. The number of benzene rings is 1. The highest BCUT2D eigenvalue weighted by Crippen LogP contribution is 2.40. The van der Waals surface area contributed by atoms with Crippen LogP contribution >= 0.6 is 0 Å². The van der Waals surface area contributed by atoms with E-state index in [9.17, 15) is 9.18 Å². The molecule has 0 bridgehead atoms. The van der Waals surface area contributed by atoms with Gasteiger partial charge in [0.25, 0.3) is 5.91 Å². The smallest absolute Gasteiger partial charge is 0.256 e. The molecule has 0 aromatic heterocycles. The molecule has 2 aliphatic carbocycles. The van der Waals surface area contributed by atoms with Crippen molar-refractivity contribution in [1.29, 1.82) is 0 Å². The molecule has 1 aromatic carbocycles. The number of halogens is 1. The standard InChI is InChI=1S/C20H16FNO/c1-12-9-13(16-6-4-2-3-5-15(12)16)10-18-17-11-14(21)7-8-19(17)22-20(18)23/h2-5,7-11,16H,6H2,1H3,(H,22,23)/b18-10-. The van der Waals surface area contributed by atoms with Crippen LogP contribution in [0.2, 0.25) is 0 Å². The number of hydrogen-bond acceptors (Lipinski definition) is 1. The van der Waals surface area contributed by atoms with E-state index in [0.717, 1.165) is 12.0 Å². The summed E-state index contributed by atoms with van der Waals surface area (Å²) < 4.78 is 13.6. The maximum Gasteiger partial charge on any atom is 0.256 e. The molecule has 1 N–H and O–H groups in total. The Morgan fingerprint density at radius 3 is 3.04 bits per heavy atom. The summed E-state index contributed by atoms with van der Waals surface area (Å²) in [5.41, 5.74) is 5.47. The lowest BCUT2D eigenvalue weighted by Gasteiger charge is -2.13. The molecule has 0 radical (unpaired) electrons. The van der Waals surface area contributed by atoms with Gasteiger partial charge in [-0.15, -0.1) is 0 Å².